The molecule has 0 radical (unpaired) electrons. The maximum absolute atomic E-state index is 13.2. The quantitative estimate of drug-likeness (QED) is 0.371. The first-order valence-electron chi connectivity index (χ1n) is 7.83. The minimum atomic E-state index is -4.57. The molecule has 21 heavy (non-hydrogen) atoms. The van der Waals surface area contributed by atoms with Gasteiger partial charge in [0.15, 0.2) is 0 Å². The van der Waals surface area contributed by atoms with Crippen LogP contribution < -0.4 is 0 Å². The fourth-order valence-electron chi connectivity index (χ4n) is 2.08. The summed E-state index contributed by atoms with van der Waals surface area (Å²) in [6.45, 7) is 4.29. The topological polar surface area (TPSA) is 20.3 Å². The van der Waals surface area contributed by atoms with E-state index < -0.39 is 18.3 Å². The standard InChI is InChI=1S/C15H27F4NO/c1-3-5-7-9-11-20(12-10-8-6-4-2)14(21)15(18,19)13(16)17/h13H,3-12H2,1-2H3. The summed E-state index contributed by atoms with van der Waals surface area (Å²) < 4.78 is 51.0. The lowest BCUT2D eigenvalue weighted by atomic mass is 10.1. The minimum Gasteiger partial charge on any atom is -0.337 e. The fourth-order valence-corrected chi connectivity index (χ4v) is 2.08. The van der Waals surface area contributed by atoms with Crippen molar-refractivity contribution in [3.8, 4) is 0 Å². The van der Waals surface area contributed by atoms with Gasteiger partial charge >= 0.3 is 12.3 Å². The van der Waals surface area contributed by atoms with E-state index in [1.54, 1.807) is 0 Å². The molecule has 2 nitrogen and oxygen atoms in total. The SMILES string of the molecule is CCCCCCN(CCCCCC)C(=O)C(F)(F)C(F)F. The minimum absolute atomic E-state index is 0.132. The number of carbonyl (C=O) groups excluding carboxylic acids is 1. The van der Waals surface area contributed by atoms with Gasteiger partial charge in [-0.25, -0.2) is 8.78 Å². The number of halogens is 4. The molecule has 0 aliphatic rings. The third-order valence-electron chi connectivity index (χ3n) is 3.41. The Hall–Kier alpha value is -0.810. The van der Waals surface area contributed by atoms with E-state index in [0.717, 1.165) is 43.4 Å². The van der Waals surface area contributed by atoms with Crippen LogP contribution in [0.3, 0.4) is 0 Å². The number of alkyl halides is 4. The van der Waals surface area contributed by atoms with E-state index in [2.05, 4.69) is 0 Å². The molecule has 0 bridgehead atoms. The molecule has 0 aliphatic carbocycles. The van der Waals surface area contributed by atoms with Gasteiger partial charge in [-0.05, 0) is 12.8 Å². The molecule has 0 fully saturated rings. The van der Waals surface area contributed by atoms with Crippen LogP contribution >= 0.6 is 0 Å². The molecule has 0 aliphatic heterocycles. The van der Waals surface area contributed by atoms with Crippen LogP contribution in [0.1, 0.15) is 65.2 Å². The number of hydrogen-bond acceptors (Lipinski definition) is 1. The second-order valence-corrected chi connectivity index (χ2v) is 5.34. The molecule has 0 saturated heterocycles. The van der Waals surface area contributed by atoms with Crippen LogP contribution in [0.4, 0.5) is 17.6 Å². The Balaban J connectivity index is 4.50. The van der Waals surface area contributed by atoms with Crippen molar-refractivity contribution >= 4 is 5.91 Å². The average molecular weight is 313 g/mol. The summed E-state index contributed by atoms with van der Waals surface area (Å²) in [5.74, 6) is -6.30. The van der Waals surface area contributed by atoms with Crippen molar-refractivity contribution in [3.63, 3.8) is 0 Å². The van der Waals surface area contributed by atoms with Gasteiger partial charge in [-0.2, -0.15) is 8.78 Å². The van der Waals surface area contributed by atoms with Gasteiger partial charge < -0.3 is 4.90 Å². The molecule has 0 aromatic rings. The van der Waals surface area contributed by atoms with Crippen molar-refractivity contribution in [3.05, 3.63) is 0 Å². The molecule has 0 rings (SSSR count). The number of carbonyl (C=O) groups is 1. The molecule has 126 valence electrons. The molecule has 0 aromatic carbocycles. The van der Waals surface area contributed by atoms with Crippen molar-refractivity contribution in [2.24, 2.45) is 0 Å². The van der Waals surface area contributed by atoms with Crippen LogP contribution in [0, 0.1) is 0 Å². The van der Waals surface area contributed by atoms with Gasteiger partial charge in [-0.15, -0.1) is 0 Å². The first kappa shape index (κ1) is 20.2. The second kappa shape index (κ2) is 10.9. The first-order chi connectivity index (χ1) is 9.87. The van der Waals surface area contributed by atoms with Crippen LogP contribution in [0.15, 0.2) is 0 Å². The highest BCUT2D eigenvalue weighted by Gasteiger charge is 2.50. The Morgan fingerprint density at radius 2 is 1.33 bits per heavy atom. The molecule has 6 heteroatoms. The van der Waals surface area contributed by atoms with E-state index >= 15 is 0 Å². The molecule has 0 aromatic heterocycles. The van der Waals surface area contributed by atoms with Crippen LogP contribution in [-0.4, -0.2) is 36.2 Å². The van der Waals surface area contributed by atoms with Gasteiger partial charge in [0, 0.05) is 13.1 Å². The molecule has 0 N–H and O–H groups in total. The summed E-state index contributed by atoms with van der Waals surface area (Å²) in [7, 11) is 0. The summed E-state index contributed by atoms with van der Waals surface area (Å²) in [5, 5.41) is 0. The number of nitrogens with zero attached hydrogens (tertiary/aromatic N) is 1. The Labute approximate surface area is 124 Å². The van der Waals surface area contributed by atoms with Crippen LogP contribution in [0.5, 0.6) is 0 Å². The molecule has 0 spiro atoms. The molecule has 1 amide bonds. The summed E-state index contributed by atoms with van der Waals surface area (Å²) in [4.78, 5) is 12.5. The zero-order valence-electron chi connectivity index (χ0n) is 13.0. The first-order valence-corrected chi connectivity index (χ1v) is 7.83. The largest absolute Gasteiger partial charge is 0.383 e. The predicted molar refractivity (Wildman–Crippen MR) is 75.8 cm³/mol. The van der Waals surface area contributed by atoms with Gasteiger partial charge in [0.05, 0.1) is 0 Å². The zero-order chi connectivity index (χ0) is 16.3. The van der Waals surface area contributed by atoms with E-state index in [-0.39, 0.29) is 13.1 Å². The van der Waals surface area contributed by atoms with Crippen molar-refractivity contribution < 1.29 is 22.4 Å². The fraction of sp³-hybridized carbons (Fsp3) is 0.933. The summed E-state index contributed by atoms with van der Waals surface area (Å²) in [6, 6.07) is 0. The van der Waals surface area contributed by atoms with E-state index in [0.29, 0.717) is 12.8 Å². The molecule has 0 unspecified atom stereocenters. The summed E-state index contributed by atoms with van der Waals surface area (Å²) >= 11 is 0. The molecule has 0 saturated carbocycles. The van der Waals surface area contributed by atoms with Gasteiger partial charge in [-0.3, -0.25) is 4.79 Å². The van der Waals surface area contributed by atoms with E-state index in [4.69, 9.17) is 0 Å². The zero-order valence-corrected chi connectivity index (χ0v) is 13.0. The highest BCUT2D eigenvalue weighted by molar-refractivity contribution is 5.84. The highest BCUT2D eigenvalue weighted by Crippen LogP contribution is 2.26. The number of unbranched alkanes of at least 4 members (excludes halogenated alkanes) is 6. The van der Waals surface area contributed by atoms with Crippen molar-refractivity contribution in [1.29, 1.82) is 0 Å². The number of rotatable bonds is 12. The van der Waals surface area contributed by atoms with Gasteiger partial charge in [0.2, 0.25) is 0 Å². The highest BCUT2D eigenvalue weighted by atomic mass is 19.3. The lowest BCUT2D eigenvalue weighted by Gasteiger charge is -2.26. The summed E-state index contributed by atoms with van der Waals surface area (Å²) in [6.07, 6.45) is 2.70. The van der Waals surface area contributed by atoms with Gasteiger partial charge in [0.25, 0.3) is 5.91 Å². The molecular formula is C15H27F4NO. The molecule has 0 atom stereocenters. The van der Waals surface area contributed by atoms with E-state index in [9.17, 15) is 22.4 Å². The second-order valence-electron chi connectivity index (χ2n) is 5.34. The maximum atomic E-state index is 13.2. The smallest absolute Gasteiger partial charge is 0.337 e. The summed E-state index contributed by atoms with van der Waals surface area (Å²) in [5.41, 5.74) is 0. The predicted octanol–water partition coefficient (Wildman–Crippen LogP) is 4.88. The van der Waals surface area contributed by atoms with E-state index in [1.165, 1.54) is 0 Å². The third-order valence-corrected chi connectivity index (χ3v) is 3.41. The van der Waals surface area contributed by atoms with Crippen molar-refractivity contribution in [2.75, 3.05) is 13.1 Å². The Morgan fingerprint density at radius 1 is 0.905 bits per heavy atom. The monoisotopic (exact) mass is 313 g/mol. The van der Waals surface area contributed by atoms with E-state index in [1.807, 2.05) is 13.8 Å². The number of hydrogen-bond donors (Lipinski definition) is 0. The van der Waals surface area contributed by atoms with Crippen molar-refractivity contribution in [1.82, 2.24) is 4.90 Å². The molecule has 0 heterocycles. The van der Waals surface area contributed by atoms with Crippen molar-refractivity contribution in [2.45, 2.75) is 77.6 Å². The number of amides is 1. The molecular weight excluding hydrogens is 286 g/mol. The van der Waals surface area contributed by atoms with Crippen LogP contribution in [0.25, 0.3) is 0 Å². The van der Waals surface area contributed by atoms with Gasteiger partial charge in [-0.1, -0.05) is 52.4 Å². The normalized spacial score (nSPS) is 12.0. The maximum Gasteiger partial charge on any atom is 0.383 e. The average Bonchev–Trinajstić information content (AvgIpc) is 2.44. The third kappa shape index (κ3) is 7.67. The Morgan fingerprint density at radius 3 is 1.67 bits per heavy atom. The lowest BCUT2D eigenvalue weighted by molar-refractivity contribution is -0.180. The van der Waals surface area contributed by atoms with Crippen LogP contribution in [0.2, 0.25) is 0 Å². The Kier molecular flexibility index (Phi) is 10.4. The Bertz CT molecular complexity index is 273. The van der Waals surface area contributed by atoms with Gasteiger partial charge in [0.1, 0.15) is 0 Å². The lowest BCUT2D eigenvalue weighted by Crippen LogP contribution is -2.48. The van der Waals surface area contributed by atoms with Crippen LogP contribution in [-0.2, 0) is 4.79 Å².